The van der Waals surface area contributed by atoms with Crippen molar-refractivity contribution >= 4 is 34.0 Å². The Labute approximate surface area is 140 Å². The van der Waals surface area contributed by atoms with Crippen LogP contribution < -0.4 is 5.32 Å². The van der Waals surface area contributed by atoms with Crippen molar-refractivity contribution in [3.63, 3.8) is 0 Å². The molecule has 7 heteroatoms. The maximum absolute atomic E-state index is 13.5. The second-order valence-corrected chi connectivity index (χ2v) is 7.45. The van der Waals surface area contributed by atoms with E-state index >= 15 is 0 Å². The molecule has 0 saturated carbocycles. The van der Waals surface area contributed by atoms with Crippen LogP contribution >= 0.6 is 23.1 Å². The molecule has 0 saturated heterocycles. The van der Waals surface area contributed by atoms with E-state index in [1.165, 1.54) is 23.5 Å². The van der Waals surface area contributed by atoms with Gasteiger partial charge in [-0.05, 0) is 30.2 Å². The summed E-state index contributed by atoms with van der Waals surface area (Å²) in [6, 6.07) is 4.66. The number of nitrogens with one attached hydrogen (secondary N) is 1. The highest BCUT2D eigenvalue weighted by Crippen LogP contribution is 2.36. The van der Waals surface area contributed by atoms with E-state index in [4.69, 9.17) is 0 Å². The molecule has 4 rings (SSSR count). The van der Waals surface area contributed by atoms with Gasteiger partial charge in [-0.2, -0.15) is 0 Å². The van der Waals surface area contributed by atoms with E-state index in [9.17, 15) is 9.18 Å². The number of hydrogen-bond acceptors (Lipinski definition) is 4. The van der Waals surface area contributed by atoms with Crippen LogP contribution in [0.25, 0.3) is 4.96 Å². The van der Waals surface area contributed by atoms with Crippen molar-refractivity contribution in [1.82, 2.24) is 14.7 Å². The van der Waals surface area contributed by atoms with E-state index in [1.54, 1.807) is 17.8 Å². The highest BCUT2D eigenvalue weighted by Gasteiger charge is 2.23. The van der Waals surface area contributed by atoms with Crippen LogP contribution in [0.2, 0.25) is 0 Å². The topological polar surface area (TPSA) is 46.4 Å². The van der Waals surface area contributed by atoms with Crippen LogP contribution in [-0.4, -0.2) is 21.0 Å². The Bertz CT molecular complexity index is 845. The summed E-state index contributed by atoms with van der Waals surface area (Å²) < 4.78 is 15.4. The number of imidazole rings is 1. The van der Waals surface area contributed by atoms with Crippen LogP contribution in [0.1, 0.15) is 23.7 Å². The van der Waals surface area contributed by atoms with Gasteiger partial charge in [0.25, 0.3) is 0 Å². The van der Waals surface area contributed by atoms with Crippen LogP contribution in [0.3, 0.4) is 0 Å². The number of carbonyl (C=O) groups excluding carboxylic acids is 1. The molecule has 1 aliphatic heterocycles. The Morgan fingerprint density at radius 2 is 2.39 bits per heavy atom. The number of fused-ring (bicyclic) bond motifs is 2. The quantitative estimate of drug-likeness (QED) is 0.790. The van der Waals surface area contributed by atoms with E-state index in [0.29, 0.717) is 0 Å². The largest absolute Gasteiger partial charge is 0.349 e. The van der Waals surface area contributed by atoms with Crippen molar-refractivity contribution < 1.29 is 9.18 Å². The Morgan fingerprint density at radius 1 is 1.48 bits per heavy atom. The molecule has 1 aromatic carbocycles. The first-order valence-electron chi connectivity index (χ1n) is 7.32. The normalized spacial score (nSPS) is 17.2. The lowest BCUT2D eigenvalue weighted by Gasteiger charge is -2.25. The Kier molecular flexibility index (Phi) is 3.82. The number of amides is 1. The number of hydrogen-bond donors (Lipinski definition) is 1. The lowest BCUT2D eigenvalue weighted by atomic mass is 10.0. The number of rotatable bonds is 3. The fourth-order valence-electron chi connectivity index (χ4n) is 2.79. The average molecular weight is 347 g/mol. The van der Waals surface area contributed by atoms with Gasteiger partial charge in [0.2, 0.25) is 5.91 Å². The number of thiazole rings is 1. The standard InChI is InChI=1S/C16H14FN3OS2/c17-10-1-2-14-12(7-10)13(3-5-22-14)19-15(21)8-11-9-20-4-6-23-16(20)18-11/h1-2,4,6-7,9,13H,3,5,8H2,(H,19,21)/t13-/m1/s1. The summed E-state index contributed by atoms with van der Waals surface area (Å²) in [4.78, 5) is 18.7. The molecule has 0 unspecified atom stereocenters. The third kappa shape index (κ3) is 2.98. The van der Waals surface area contributed by atoms with E-state index in [0.717, 1.165) is 33.3 Å². The predicted molar refractivity (Wildman–Crippen MR) is 89.4 cm³/mol. The highest BCUT2D eigenvalue weighted by molar-refractivity contribution is 7.99. The molecule has 2 aromatic heterocycles. The number of aromatic nitrogens is 2. The third-order valence-electron chi connectivity index (χ3n) is 3.83. The lowest BCUT2D eigenvalue weighted by Crippen LogP contribution is -2.32. The molecule has 0 fully saturated rings. The number of benzene rings is 1. The third-order valence-corrected chi connectivity index (χ3v) is 5.72. The molecule has 23 heavy (non-hydrogen) atoms. The zero-order chi connectivity index (χ0) is 15.8. The van der Waals surface area contributed by atoms with Crippen molar-refractivity contribution in [2.24, 2.45) is 0 Å². The molecule has 0 spiro atoms. The van der Waals surface area contributed by atoms with Gasteiger partial charge < -0.3 is 5.32 Å². The monoisotopic (exact) mass is 347 g/mol. The second kappa shape index (κ2) is 5.98. The number of thioether (sulfide) groups is 1. The fourth-order valence-corrected chi connectivity index (χ4v) is 4.61. The molecule has 0 bridgehead atoms. The zero-order valence-electron chi connectivity index (χ0n) is 12.2. The summed E-state index contributed by atoms with van der Waals surface area (Å²) in [7, 11) is 0. The van der Waals surface area contributed by atoms with Gasteiger partial charge in [0.1, 0.15) is 5.82 Å². The summed E-state index contributed by atoms with van der Waals surface area (Å²) >= 11 is 3.24. The van der Waals surface area contributed by atoms with Gasteiger partial charge in [-0.3, -0.25) is 9.20 Å². The van der Waals surface area contributed by atoms with Crippen LogP contribution in [0.4, 0.5) is 4.39 Å². The molecular formula is C16H14FN3OS2. The average Bonchev–Trinajstić information content (AvgIpc) is 3.09. The second-order valence-electron chi connectivity index (χ2n) is 5.44. The molecule has 0 aliphatic carbocycles. The van der Waals surface area contributed by atoms with Crippen molar-refractivity contribution in [2.75, 3.05) is 5.75 Å². The molecule has 4 nitrogen and oxygen atoms in total. The summed E-state index contributed by atoms with van der Waals surface area (Å²) in [6.07, 6.45) is 4.84. The first-order valence-corrected chi connectivity index (χ1v) is 9.18. The van der Waals surface area contributed by atoms with Crippen molar-refractivity contribution in [1.29, 1.82) is 0 Å². The maximum Gasteiger partial charge on any atom is 0.226 e. The Morgan fingerprint density at radius 3 is 3.26 bits per heavy atom. The minimum atomic E-state index is -0.264. The van der Waals surface area contributed by atoms with Gasteiger partial charge in [-0.1, -0.05) is 0 Å². The van der Waals surface area contributed by atoms with Gasteiger partial charge >= 0.3 is 0 Å². The number of halogens is 1. The Hall–Kier alpha value is -1.86. The van der Waals surface area contributed by atoms with Crippen LogP contribution in [0, 0.1) is 5.82 Å². The van der Waals surface area contributed by atoms with Gasteiger partial charge in [0.15, 0.2) is 4.96 Å². The first kappa shape index (κ1) is 14.7. The fraction of sp³-hybridized carbons (Fsp3) is 0.250. The van der Waals surface area contributed by atoms with Crippen molar-refractivity contribution in [2.45, 2.75) is 23.8 Å². The first-order chi connectivity index (χ1) is 11.2. The molecule has 1 N–H and O–H groups in total. The van der Waals surface area contributed by atoms with E-state index in [-0.39, 0.29) is 24.2 Å². The van der Waals surface area contributed by atoms with Crippen molar-refractivity contribution in [3.05, 3.63) is 53.0 Å². The minimum Gasteiger partial charge on any atom is -0.349 e. The molecule has 118 valence electrons. The number of nitrogens with zero attached hydrogens (tertiary/aromatic N) is 2. The molecule has 0 radical (unpaired) electrons. The van der Waals surface area contributed by atoms with E-state index < -0.39 is 0 Å². The molecule has 1 atom stereocenters. The Balaban J connectivity index is 1.49. The van der Waals surface area contributed by atoms with Gasteiger partial charge in [-0.15, -0.1) is 23.1 Å². The van der Waals surface area contributed by atoms with E-state index in [2.05, 4.69) is 10.3 Å². The maximum atomic E-state index is 13.5. The van der Waals surface area contributed by atoms with Gasteiger partial charge in [0, 0.05) is 28.4 Å². The zero-order valence-corrected chi connectivity index (χ0v) is 13.8. The lowest BCUT2D eigenvalue weighted by molar-refractivity contribution is -0.121. The number of carbonyl (C=O) groups is 1. The summed E-state index contributed by atoms with van der Waals surface area (Å²) in [5.74, 6) is 0.576. The molecular weight excluding hydrogens is 333 g/mol. The minimum absolute atomic E-state index is 0.0807. The van der Waals surface area contributed by atoms with Crippen LogP contribution in [0.15, 0.2) is 40.9 Å². The summed E-state index contributed by atoms with van der Waals surface area (Å²) in [5.41, 5.74) is 1.62. The smallest absolute Gasteiger partial charge is 0.226 e. The molecule has 1 aliphatic rings. The van der Waals surface area contributed by atoms with Crippen molar-refractivity contribution in [3.8, 4) is 0 Å². The molecule has 3 aromatic rings. The van der Waals surface area contributed by atoms with Gasteiger partial charge in [0.05, 0.1) is 18.2 Å². The van der Waals surface area contributed by atoms with E-state index in [1.807, 2.05) is 22.2 Å². The highest BCUT2D eigenvalue weighted by atomic mass is 32.2. The van der Waals surface area contributed by atoms with Gasteiger partial charge in [-0.25, -0.2) is 9.37 Å². The SMILES string of the molecule is O=C(Cc1cn2ccsc2n1)N[C@@H]1CCSc2ccc(F)cc21. The predicted octanol–water partition coefficient (Wildman–Crippen LogP) is 3.43. The molecule has 1 amide bonds. The molecule has 3 heterocycles. The summed E-state index contributed by atoms with van der Waals surface area (Å²) in [6.45, 7) is 0. The summed E-state index contributed by atoms with van der Waals surface area (Å²) in [5, 5.41) is 4.98. The van der Waals surface area contributed by atoms with Crippen LogP contribution in [0.5, 0.6) is 0 Å². The van der Waals surface area contributed by atoms with Crippen LogP contribution in [-0.2, 0) is 11.2 Å².